The van der Waals surface area contributed by atoms with Gasteiger partial charge in [0.1, 0.15) is 0 Å². The molecule has 14 heavy (non-hydrogen) atoms. The number of rotatable bonds is 5. The molecule has 0 aliphatic carbocycles. The summed E-state index contributed by atoms with van der Waals surface area (Å²) in [4.78, 5) is 2.68. The molecule has 0 amide bonds. The van der Waals surface area contributed by atoms with Gasteiger partial charge >= 0.3 is 0 Å². The van der Waals surface area contributed by atoms with Gasteiger partial charge in [-0.3, -0.25) is 0 Å². The van der Waals surface area contributed by atoms with E-state index in [1.807, 2.05) is 0 Å². The SMILES string of the molecule is CCCCCN1CCC(C)C(CC)C1. The van der Waals surface area contributed by atoms with E-state index in [9.17, 15) is 0 Å². The fourth-order valence-corrected chi connectivity index (χ4v) is 2.54. The average Bonchev–Trinajstić information content (AvgIpc) is 2.21. The lowest BCUT2D eigenvalue weighted by Crippen LogP contribution is -2.39. The maximum absolute atomic E-state index is 2.68. The van der Waals surface area contributed by atoms with Crippen LogP contribution >= 0.6 is 0 Å². The Morgan fingerprint density at radius 3 is 2.64 bits per heavy atom. The highest BCUT2D eigenvalue weighted by Gasteiger charge is 2.23. The van der Waals surface area contributed by atoms with E-state index in [4.69, 9.17) is 0 Å². The molecule has 0 saturated carbocycles. The van der Waals surface area contributed by atoms with Crippen LogP contribution in [0.5, 0.6) is 0 Å². The summed E-state index contributed by atoms with van der Waals surface area (Å²) < 4.78 is 0. The molecule has 1 aliphatic rings. The first-order chi connectivity index (χ1) is 6.77. The van der Waals surface area contributed by atoms with Crippen LogP contribution in [0.4, 0.5) is 0 Å². The Labute approximate surface area is 89.9 Å². The van der Waals surface area contributed by atoms with Crippen molar-refractivity contribution in [1.29, 1.82) is 0 Å². The van der Waals surface area contributed by atoms with Crippen molar-refractivity contribution in [2.45, 2.75) is 52.9 Å². The Bertz CT molecular complexity index is 144. The average molecular weight is 197 g/mol. The van der Waals surface area contributed by atoms with Crippen molar-refractivity contribution >= 4 is 0 Å². The molecule has 0 bridgehead atoms. The highest BCUT2D eigenvalue weighted by atomic mass is 15.1. The first-order valence-electron chi connectivity index (χ1n) is 6.50. The van der Waals surface area contributed by atoms with Crippen molar-refractivity contribution in [2.24, 2.45) is 11.8 Å². The molecule has 0 spiro atoms. The van der Waals surface area contributed by atoms with Crippen molar-refractivity contribution in [3.63, 3.8) is 0 Å². The summed E-state index contributed by atoms with van der Waals surface area (Å²) in [7, 11) is 0. The number of nitrogens with zero attached hydrogens (tertiary/aromatic N) is 1. The Hall–Kier alpha value is -0.0400. The minimum atomic E-state index is 0.961. The molecule has 2 unspecified atom stereocenters. The molecule has 1 fully saturated rings. The van der Waals surface area contributed by atoms with Crippen molar-refractivity contribution in [1.82, 2.24) is 4.90 Å². The van der Waals surface area contributed by atoms with Crippen molar-refractivity contribution in [3.05, 3.63) is 0 Å². The zero-order valence-corrected chi connectivity index (χ0v) is 10.3. The predicted molar refractivity (Wildman–Crippen MR) is 63.5 cm³/mol. The lowest BCUT2D eigenvalue weighted by molar-refractivity contribution is 0.123. The normalized spacial score (nSPS) is 29.4. The second-order valence-electron chi connectivity index (χ2n) is 4.94. The summed E-state index contributed by atoms with van der Waals surface area (Å²) in [6.45, 7) is 11.1. The van der Waals surface area contributed by atoms with E-state index < -0.39 is 0 Å². The van der Waals surface area contributed by atoms with Crippen LogP contribution in [0.25, 0.3) is 0 Å². The third-order valence-electron chi connectivity index (χ3n) is 3.80. The maximum atomic E-state index is 2.68. The Balaban J connectivity index is 2.21. The molecular formula is C13H27N. The van der Waals surface area contributed by atoms with E-state index in [-0.39, 0.29) is 0 Å². The van der Waals surface area contributed by atoms with Crippen LogP contribution in [0.1, 0.15) is 52.9 Å². The summed E-state index contributed by atoms with van der Waals surface area (Å²) in [5, 5.41) is 0. The van der Waals surface area contributed by atoms with E-state index in [1.165, 1.54) is 51.7 Å². The minimum absolute atomic E-state index is 0.961. The van der Waals surface area contributed by atoms with E-state index in [2.05, 4.69) is 25.7 Å². The summed E-state index contributed by atoms with van der Waals surface area (Å²) in [5.74, 6) is 1.92. The van der Waals surface area contributed by atoms with Crippen LogP contribution in [0.15, 0.2) is 0 Å². The highest BCUT2D eigenvalue weighted by Crippen LogP contribution is 2.25. The molecule has 0 aromatic rings. The van der Waals surface area contributed by atoms with Crippen LogP contribution < -0.4 is 0 Å². The van der Waals surface area contributed by atoms with Gasteiger partial charge in [0.25, 0.3) is 0 Å². The van der Waals surface area contributed by atoms with Gasteiger partial charge in [-0.15, -0.1) is 0 Å². The number of likely N-dealkylation sites (tertiary alicyclic amines) is 1. The maximum Gasteiger partial charge on any atom is 0.00121 e. The molecule has 1 heteroatoms. The highest BCUT2D eigenvalue weighted by molar-refractivity contribution is 4.76. The zero-order chi connectivity index (χ0) is 10.4. The number of hydrogen-bond acceptors (Lipinski definition) is 1. The molecule has 1 rings (SSSR count). The van der Waals surface area contributed by atoms with Gasteiger partial charge in [-0.25, -0.2) is 0 Å². The minimum Gasteiger partial charge on any atom is -0.303 e. The summed E-state index contributed by atoms with van der Waals surface area (Å²) >= 11 is 0. The predicted octanol–water partition coefficient (Wildman–Crippen LogP) is 3.54. The topological polar surface area (TPSA) is 3.24 Å². The fraction of sp³-hybridized carbons (Fsp3) is 1.00. The van der Waals surface area contributed by atoms with Crippen molar-refractivity contribution in [3.8, 4) is 0 Å². The molecule has 1 heterocycles. The third kappa shape index (κ3) is 3.61. The van der Waals surface area contributed by atoms with E-state index in [1.54, 1.807) is 0 Å². The van der Waals surface area contributed by atoms with Gasteiger partial charge in [0.05, 0.1) is 0 Å². The molecule has 0 N–H and O–H groups in total. The van der Waals surface area contributed by atoms with Crippen LogP contribution in [0.2, 0.25) is 0 Å². The molecule has 0 aromatic carbocycles. The molecule has 2 atom stereocenters. The molecule has 0 radical (unpaired) electrons. The van der Waals surface area contributed by atoms with E-state index >= 15 is 0 Å². The molecule has 1 saturated heterocycles. The quantitative estimate of drug-likeness (QED) is 0.609. The summed E-state index contributed by atoms with van der Waals surface area (Å²) in [5.41, 5.74) is 0. The monoisotopic (exact) mass is 197 g/mol. The number of unbranched alkanes of at least 4 members (excludes halogenated alkanes) is 2. The number of hydrogen-bond donors (Lipinski definition) is 0. The largest absolute Gasteiger partial charge is 0.303 e. The Morgan fingerprint density at radius 1 is 1.21 bits per heavy atom. The lowest BCUT2D eigenvalue weighted by atomic mass is 9.85. The zero-order valence-electron chi connectivity index (χ0n) is 10.3. The van der Waals surface area contributed by atoms with Crippen LogP contribution in [-0.2, 0) is 0 Å². The standard InChI is InChI=1S/C13H27N/c1-4-6-7-9-14-10-8-12(3)13(5-2)11-14/h12-13H,4-11H2,1-3H3. The van der Waals surface area contributed by atoms with Gasteiger partial charge < -0.3 is 4.90 Å². The molecule has 1 aliphatic heterocycles. The molecular weight excluding hydrogens is 170 g/mol. The van der Waals surface area contributed by atoms with Crippen LogP contribution in [0.3, 0.4) is 0 Å². The van der Waals surface area contributed by atoms with Gasteiger partial charge in [0.15, 0.2) is 0 Å². The third-order valence-corrected chi connectivity index (χ3v) is 3.80. The van der Waals surface area contributed by atoms with Gasteiger partial charge in [-0.1, -0.05) is 40.0 Å². The molecule has 1 nitrogen and oxygen atoms in total. The van der Waals surface area contributed by atoms with E-state index in [0.29, 0.717) is 0 Å². The second-order valence-corrected chi connectivity index (χ2v) is 4.94. The van der Waals surface area contributed by atoms with Gasteiger partial charge in [0, 0.05) is 6.54 Å². The van der Waals surface area contributed by atoms with Gasteiger partial charge in [0.2, 0.25) is 0 Å². The second kappa shape index (κ2) is 6.44. The van der Waals surface area contributed by atoms with E-state index in [0.717, 1.165) is 11.8 Å². The smallest absolute Gasteiger partial charge is 0.00121 e. The molecule has 0 aromatic heterocycles. The van der Waals surface area contributed by atoms with Crippen LogP contribution in [-0.4, -0.2) is 24.5 Å². The lowest BCUT2D eigenvalue weighted by Gasteiger charge is -2.36. The number of piperidine rings is 1. The summed E-state index contributed by atoms with van der Waals surface area (Å²) in [6, 6.07) is 0. The van der Waals surface area contributed by atoms with Crippen molar-refractivity contribution < 1.29 is 0 Å². The fourth-order valence-electron chi connectivity index (χ4n) is 2.54. The summed E-state index contributed by atoms with van der Waals surface area (Å²) in [6.07, 6.45) is 6.95. The molecule has 84 valence electrons. The Kier molecular flexibility index (Phi) is 5.54. The van der Waals surface area contributed by atoms with Gasteiger partial charge in [-0.2, -0.15) is 0 Å². The Morgan fingerprint density at radius 2 is 2.00 bits per heavy atom. The van der Waals surface area contributed by atoms with Crippen molar-refractivity contribution in [2.75, 3.05) is 19.6 Å². The first kappa shape index (κ1) is 12.0. The van der Waals surface area contributed by atoms with Crippen LogP contribution in [0, 0.1) is 11.8 Å². The van der Waals surface area contributed by atoms with Gasteiger partial charge in [-0.05, 0) is 37.8 Å². The first-order valence-corrected chi connectivity index (χ1v) is 6.50.